The smallest absolute Gasteiger partial charge is 0.150 e. The van der Waals surface area contributed by atoms with Gasteiger partial charge in [0.2, 0.25) is 0 Å². The molecule has 1 unspecified atom stereocenters. The Morgan fingerprint density at radius 3 is 2.75 bits per heavy atom. The molecule has 0 aromatic carbocycles. The molecule has 1 N–H and O–H groups in total. The van der Waals surface area contributed by atoms with Gasteiger partial charge in [0.15, 0.2) is 0 Å². The molecule has 1 saturated heterocycles. The van der Waals surface area contributed by atoms with Crippen LogP contribution in [0.2, 0.25) is 0 Å². The molecule has 2 heterocycles. The van der Waals surface area contributed by atoms with Crippen LogP contribution in [0.25, 0.3) is 0 Å². The van der Waals surface area contributed by atoms with Gasteiger partial charge in [-0.3, -0.25) is 0 Å². The molecule has 0 amide bonds. The first-order chi connectivity index (χ1) is 7.57. The summed E-state index contributed by atoms with van der Waals surface area (Å²) >= 11 is 1.63. The summed E-state index contributed by atoms with van der Waals surface area (Å²) in [5.41, 5.74) is 0. The van der Waals surface area contributed by atoms with Gasteiger partial charge in [-0.05, 0) is 19.8 Å². The summed E-state index contributed by atoms with van der Waals surface area (Å²) in [5, 5.41) is 6.46. The highest BCUT2D eigenvalue weighted by atomic mass is 32.2. The summed E-state index contributed by atoms with van der Waals surface area (Å²) in [4.78, 5) is 4.25. The number of rotatable bonds is 3. The molecule has 1 aromatic heterocycles. The Labute approximate surface area is 100 Å². The SMILES string of the molecule is CC(NC1CCS(=O)(=O)CC1)c1nccs1. The van der Waals surface area contributed by atoms with Gasteiger partial charge in [0.1, 0.15) is 14.8 Å². The van der Waals surface area contributed by atoms with Crippen LogP contribution in [0.15, 0.2) is 11.6 Å². The van der Waals surface area contributed by atoms with Gasteiger partial charge in [-0.25, -0.2) is 13.4 Å². The van der Waals surface area contributed by atoms with Gasteiger partial charge < -0.3 is 5.32 Å². The zero-order valence-electron chi connectivity index (χ0n) is 9.22. The van der Waals surface area contributed by atoms with Crippen LogP contribution in [0.5, 0.6) is 0 Å². The Bertz CT molecular complexity index is 414. The maximum absolute atomic E-state index is 11.3. The molecule has 0 bridgehead atoms. The highest BCUT2D eigenvalue weighted by Gasteiger charge is 2.24. The molecule has 0 saturated carbocycles. The molecule has 90 valence electrons. The molecule has 2 rings (SSSR count). The first-order valence-corrected chi connectivity index (χ1v) is 8.13. The second kappa shape index (κ2) is 4.81. The van der Waals surface area contributed by atoms with E-state index in [4.69, 9.17) is 0 Å². The fourth-order valence-corrected chi connectivity index (χ4v) is 4.08. The van der Waals surface area contributed by atoms with Crippen LogP contribution < -0.4 is 5.32 Å². The first-order valence-electron chi connectivity index (χ1n) is 5.43. The van der Waals surface area contributed by atoms with Gasteiger partial charge in [-0.2, -0.15) is 0 Å². The average Bonchev–Trinajstić information content (AvgIpc) is 2.74. The molecule has 1 aromatic rings. The molecule has 16 heavy (non-hydrogen) atoms. The lowest BCUT2D eigenvalue weighted by molar-refractivity contribution is 0.419. The summed E-state index contributed by atoms with van der Waals surface area (Å²) in [5.74, 6) is 0.629. The number of nitrogens with one attached hydrogen (secondary N) is 1. The van der Waals surface area contributed by atoms with Crippen molar-refractivity contribution < 1.29 is 8.42 Å². The van der Waals surface area contributed by atoms with Gasteiger partial charge in [0.05, 0.1) is 17.5 Å². The summed E-state index contributed by atoms with van der Waals surface area (Å²) < 4.78 is 22.5. The molecule has 1 atom stereocenters. The Kier molecular flexibility index (Phi) is 3.61. The van der Waals surface area contributed by atoms with Crippen molar-refractivity contribution in [1.29, 1.82) is 0 Å². The monoisotopic (exact) mass is 260 g/mol. The third-order valence-corrected chi connectivity index (χ3v) is 5.54. The van der Waals surface area contributed by atoms with E-state index in [0.29, 0.717) is 17.5 Å². The van der Waals surface area contributed by atoms with E-state index in [0.717, 1.165) is 17.8 Å². The van der Waals surface area contributed by atoms with Crippen LogP contribution in [-0.4, -0.2) is 30.9 Å². The Hall–Kier alpha value is -0.460. The zero-order valence-corrected chi connectivity index (χ0v) is 10.9. The van der Waals surface area contributed by atoms with E-state index < -0.39 is 9.84 Å². The Morgan fingerprint density at radius 2 is 2.19 bits per heavy atom. The van der Waals surface area contributed by atoms with Crippen molar-refractivity contribution in [2.24, 2.45) is 0 Å². The van der Waals surface area contributed by atoms with Gasteiger partial charge in [-0.1, -0.05) is 0 Å². The van der Waals surface area contributed by atoms with Gasteiger partial charge in [0, 0.05) is 17.6 Å². The van der Waals surface area contributed by atoms with Crippen molar-refractivity contribution in [3.05, 3.63) is 16.6 Å². The number of aromatic nitrogens is 1. The fourth-order valence-electron chi connectivity index (χ4n) is 1.93. The van der Waals surface area contributed by atoms with Gasteiger partial charge in [-0.15, -0.1) is 11.3 Å². The molecular weight excluding hydrogens is 244 g/mol. The molecule has 4 nitrogen and oxygen atoms in total. The number of thiazole rings is 1. The van der Waals surface area contributed by atoms with Crippen LogP contribution in [0.4, 0.5) is 0 Å². The van der Waals surface area contributed by atoms with Gasteiger partial charge >= 0.3 is 0 Å². The summed E-state index contributed by atoms with van der Waals surface area (Å²) in [6.45, 7) is 2.07. The zero-order chi connectivity index (χ0) is 11.6. The number of hydrogen-bond acceptors (Lipinski definition) is 5. The normalized spacial score (nSPS) is 23.1. The molecule has 6 heteroatoms. The number of sulfone groups is 1. The van der Waals surface area contributed by atoms with Crippen LogP contribution in [0, 0.1) is 0 Å². The third kappa shape index (κ3) is 3.02. The van der Waals surface area contributed by atoms with E-state index in [2.05, 4.69) is 17.2 Å². The topological polar surface area (TPSA) is 59.1 Å². The van der Waals surface area contributed by atoms with Crippen LogP contribution >= 0.6 is 11.3 Å². The molecule has 1 aliphatic heterocycles. The predicted octanol–water partition coefficient (Wildman–Crippen LogP) is 1.37. The Balaban J connectivity index is 1.87. The summed E-state index contributed by atoms with van der Waals surface area (Å²) in [6.07, 6.45) is 3.24. The number of nitrogens with zero attached hydrogens (tertiary/aromatic N) is 1. The molecular formula is C10H16N2O2S2. The highest BCUT2D eigenvalue weighted by Crippen LogP contribution is 2.19. The first kappa shape index (κ1) is 12.0. The van der Waals surface area contributed by atoms with E-state index in [9.17, 15) is 8.42 Å². The van der Waals surface area contributed by atoms with Crippen LogP contribution in [0.1, 0.15) is 30.8 Å². The minimum Gasteiger partial charge on any atom is -0.305 e. The maximum atomic E-state index is 11.3. The van der Waals surface area contributed by atoms with Crippen LogP contribution in [0.3, 0.4) is 0 Å². The van der Waals surface area contributed by atoms with E-state index in [-0.39, 0.29) is 6.04 Å². The van der Waals surface area contributed by atoms with E-state index in [1.807, 2.05) is 5.38 Å². The largest absolute Gasteiger partial charge is 0.305 e. The standard InChI is InChI=1S/C10H16N2O2S2/c1-8(10-11-4-5-15-10)12-9-2-6-16(13,14)7-3-9/h4-5,8-9,12H,2-3,6-7H2,1H3. The van der Waals surface area contributed by atoms with E-state index in [1.54, 1.807) is 17.5 Å². The summed E-state index contributed by atoms with van der Waals surface area (Å²) in [7, 11) is -2.76. The quantitative estimate of drug-likeness (QED) is 0.892. The maximum Gasteiger partial charge on any atom is 0.150 e. The minimum atomic E-state index is -2.76. The number of hydrogen-bond donors (Lipinski definition) is 1. The fraction of sp³-hybridized carbons (Fsp3) is 0.700. The van der Waals surface area contributed by atoms with E-state index in [1.165, 1.54) is 0 Å². The lowest BCUT2D eigenvalue weighted by Gasteiger charge is -2.25. The molecule has 0 spiro atoms. The van der Waals surface area contributed by atoms with Crippen molar-refractivity contribution >= 4 is 21.2 Å². The lowest BCUT2D eigenvalue weighted by Crippen LogP contribution is -2.38. The molecule has 0 radical (unpaired) electrons. The van der Waals surface area contributed by atoms with Crippen molar-refractivity contribution in [3.63, 3.8) is 0 Å². The van der Waals surface area contributed by atoms with Crippen LogP contribution in [-0.2, 0) is 9.84 Å². The summed E-state index contributed by atoms with van der Waals surface area (Å²) in [6, 6.07) is 0.522. The second-order valence-electron chi connectivity index (χ2n) is 4.18. The highest BCUT2D eigenvalue weighted by molar-refractivity contribution is 7.91. The average molecular weight is 260 g/mol. The predicted molar refractivity (Wildman–Crippen MR) is 65.3 cm³/mol. The Morgan fingerprint density at radius 1 is 1.50 bits per heavy atom. The minimum absolute atomic E-state index is 0.214. The lowest BCUT2D eigenvalue weighted by atomic mass is 10.1. The third-order valence-electron chi connectivity index (χ3n) is 2.86. The van der Waals surface area contributed by atoms with E-state index >= 15 is 0 Å². The van der Waals surface area contributed by atoms with Crippen molar-refractivity contribution in [2.45, 2.75) is 31.8 Å². The van der Waals surface area contributed by atoms with Gasteiger partial charge in [0.25, 0.3) is 0 Å². The van der Waals surface area contributed by atoms with Crippen molar-refractivity contribution in [2.75, 3.05) is 11.5 Å². The van der Waals surface area contributed by atoms with Crippen molar-refractivity contribution in [1.82, 2.24) is 10.3 Å². The molecule has 1 fully saturated rings. The van der Waals surface area contributed by atoms with Crippen molar-refractivity contribution in [3.8, 4) is 0 Å². The molecule has 0 aliphatic carbocycles. The second-order valence-corrected chi connectivity index (χ2v) is 7.41. The molecule has 1 aliphatic rings.